The van der Waals surface area contributed by atoms with Gasteiger partial charge in [-0.05, 0) is 24.8 Å². The van der Waals surface area contributed by atoms with Gasteiger partial charge in [0.25, 0.3) is 5.91 Å². The quantitative estimate of drug-likeness (QED) is 0.818. The number of nitrogens with one attached hydrogen (secondary N) is 1. The van der Waals surface area contributed by atoms with E-state index in [0.29, 0.717) is 37.8 Å². The van der Waals surface area contributed by atoms with Crippen LogP contribution in [0.25, 0.3) is 0 Å². The maximum Gasteiger partial charge on any atom is 0.274 e. The van der Waals surface area contributed by atoms with Crippen LogP contribution in [0.15, 0.2) is 6.07 Å². The monoisotopic (exact) mass is 357 g/mol. The summed E-state index contributed by atoms with van der Waals surface area (Å²) in [7, 11) is 1.85. The number of carbonyl (C=O) groups excluding carboxylic acids is 2. The predicted molar refractivity (Wildman–Crippen MR) is 95.2 cm³/mol. The second-order valence-electron chi connectivity index (χ2n) is 6.40. The van der Waals surface area contributed by atoms with E-state index in [9.17, 15) is 9.59 Å². The van der Waals surface area contributed by atoms with Crippen LogP contribution in [-0.4, -0.2) is 52.7 Å². The number of aromatic nitrogens is 2. The van der Waals surface area contributed by atoms with E-state index in [1.807, 2.05) is 13.1 Å². The molecule has 0 bridgehead atoms. The van der Waals surface area contributed by atoms with E-state index in [4.69, 9.17) is 5.73 Å². The topological polar surface area (TPSA) is 93.2 Å². The molecule has 2 amide bonds. The van der Waals surface area contributed by atoms with Crippen LogP contribution in [0.1, 0.15) is 48.8 Å². The standard InChI is InChI=1S/C16H27N5O2.ClH/c1-11(2)14-9-13(19-20(14)3)16(23)21-8-4-5-12(10-21)15(22)18-7-6-17;/h9,11-12H,4-8,10,17H2,1-3H3,(H,18,22);1H. The first-order valence-electron chi connectivity index (χ1n) is 8.25. The Morgan fingerprint density at radius 2 is 2.17 bits per heavy atom. The van der Waals surface area contributed by atoms with Gasteiger partial charge in [-0.15, -0.1) is 12.4 Å². The minimum Gasteiger partial charge on any atom is -0.355 e. The van der Waals surface area contributed by atoms with Gasteiger partial charge in [0.05, 0.1) is 5.92 Å². The number of nitrogens with zero attached hydrogens (tertiary/aromatic N) is 3. The lowest BCUT2D eigenvalue weighted by Crippen LogP contribution is -2.46. The largest absolute Gasteiger partial charge is 0.355 e. The highest BCUT2D eigenvalue weighted by Crippen LogP contribution is 2.20. The predicted octanol–water partition coefficient (Wildman–Crippen LogP) is 0.892. The van der Waals surface area contributed by atoms with Crippen LogP contribution in [0.5, 0.6) is 0 Å². The zero-order valence-electron chi connectivity index (χ0n) is 14.6. The molecule has 1 aromatic rings. The van der Waals surface area contributed by atoms with Gasteiger partial charge in [-0.25, -0.2) is 0 Å². The average Bonchev–Trinajstić information content (AvgIpc) is 2.94. The fourth-order valence-electron chi connectivity index (χ4n) is 3.00. The molecule has 1 aliphatic heterocycles. The molecule has 24 heavy (non-hydrogen) atoms. The molecule has 7 nitrogen and oxygen atoms in total. The number of halogens is 1. The highest BCUT2D eigenvalue weighted by Gasteiger charge is 2.30. The van der Waals surface area contributed by atoms with Crippen molar-refractivity contribution in [2.75, 3.05) is 26.2 Å². The van der Waals surface area contributed by atoms with E-state index in [2.05, 4.69) is 24.3 Å². The Morgan fingerprint density at radius 3 is 2.75 bits per heavy atom. The molecule has 1 aliphatic rings. The molecule has 1 aromatic heterocycles. The summed E-state index contributed by atoms with van der Waals surface area (Å²) in [4.78, 5) is 26.5. The molecular formula is C16H28ClN5O2. The Morgan fingerprint density at radius 1 is 1.46 bits per heavy atom. The Labute approximate surface area is 149 Å². The van der Waals surface area contributed by atoms with Crippen molar-refractivity contribution >= 4 is 24.2 Å². The normalized spacial score (nSPS) is 17.5. The van der Waals surface area contributed by atoms with Crippen molar-refractivity contribution in [2.24, 2.45) is 18.7 Å². The second kappa shape index (κ2) is 9.03. The third-order valence-corrected chi connectivity index (χ3v) is 4.25. The zero-order chi connectivity index (χ0) is 17.0. The van der Waals surface area contributed by atoms with Gasteiger partial charge in [0.1, 0.15) is 0 Å². The van der Waals surface area contributed by atoms with Crippen molar-refractivity contribution in [3.63, 3.8) is 0 Å². The van der Waals surface area contributed by atoms with Crippen LogP contribution in [0.4, 0.5) is 0 Å². The van der Waals surface area contributed by atoms with Crippen LogP contribution < -0.4 is 11.1 Å². The van der Waals surface area contributed by atoms with E-state index in [-0.39, 0.29) is 30.1 Å². The molecule has 2 rings (SSSR count). The molecule has 1 atom stereocenters. The molecule has 1 unspecified atom stereocenters. The van der Waals surface area contributed by atoms with E-state index in [1.165, 1.54) is 0 Å². The maximum absolute atomic E-state index is 12.7. The summed E-state index contributed by atoms with van der Waals surface area (Å²) in [6, 6.07) is 1.85. The lowest BCUT2D eigenvalue weighted by molar-refractivity contribution is -0.126. The summed E-state index contributed by atoms with van der Waals surface area (Å²) in [6.07, 6.45) is 1.63. The minimum atomic E-state index is -0.160. The van der Waals surface area contributed by atoms with Gasteiger partial charge in [0, 0.05) is 38.9 Å². The molecule has 0 saturated carbocycles. The molecule has 1 fully saturated rings. The number of rotatable bonds is 5. The van der Waals surface area contributed by atoms with Crippen molar-refractivity contribution in [3.8, 4) is 0 Å². The van der Waals surface area contributed by atoms with E-state index >= 15 is 0 Å². The van der Waals surface area contributed by atoms with E-state index in [1.54, 1.807) is 9.58 Å². The molecule has 136 valence electrons. The smallest absolute Gasteiger partial charge is 0.274 e. The summed E-state index contributed by atoms with van der Waals surface area (Å²) in [6.45, 7) is 6.16. The Kier molecular flexibility index (Phi) is 7.69. The Balaban J connectivity index is 0.00000288. The van der Waals surface area contributed by atoms with Crippen LogP contribution in [0, 0.1) is 5.92 Å². The number of likely N-dealkylation sites (tertiary alicyclic amines) is 1. The van der Waals surface area contributed by atoms with Crippen molar-refractivity contribution < 1.29 is 9.59 Å². The van der Waals surface area contributed by atoms with Crippen molar-refractivity contribution in [3.05, 3.63) is 17.5 Å². The van der Waals surface area contributed by atoms with E-state index in [0.717, 1.165) is 18.5 Å². The molecule has 0 radical (unpaired) electrons. The molecular weight excluding hydrogens is 330 g/mol. The lowest BCUT2D eigenvalue weighted by Gasteiger charge is -2.31. The lowest BCUT2D eigenvalue weighted by atomic mass is 9.97. The van der Waals surface area contributed by atoms with Crippen molar-refractivity contribution in [1.82, 2.24) is 20.0 Å². The number of nitrogens with two attached hydrogens (primary N) is 1. The van der Waals surface area contributed by atoms with Gasteiger partial charge in [0.15, 0.2) is 5.69 Å². The van der Waals surface area contributed by atoms with Gasteiger partial charge < -0.3 is 16.0 Å². The number of carbonyl (C=O) groups is 2. The number of piperidine rings is 1. The Hall–Kier alpha value is -1.60. The number of amides is 2. The zero-order valence-corrected chi connectivity index (χ0v) is 15.4. The third-order valence-electron chi connectivity index (χ3n) is 4.25. The molecule has 0 spiro atoms. The maximum atomic E-state index is 12.7. The fourth-order valence-corrected chi connectivity index (χ4v) is 3.00. The van der Waals surface area contributed by atoms with Gasteiger partial charge in [-0.3, -0.25) is 14.3 Å². The summed E-state index contributed by atoms with van der Waals surface area (Å²) < 4.78 is 1.76. The summed E-state index contributed by atoms with van der Waals surface area (Å²) >= 11 is 0. The highest BCUT2D eigenvalue weighted by molar-refractivity contribution is 5.93. The van der Waals surface area contributed by atoms with Gasteiger partial charge in [-0.2, -0.15) is 5.10 Å². The minimum absolute atomic E-state index is 0. The molecule has 8 heteroatoms. The van der Waals surface area contributed by atoms with E-state index < -0.39 is 0 Å². The molecule has 3 N–H and O–H groups in total. The van der Waals surface area contributed by atoms with Gasteiger partial charge >= 0.3 is 0 Å². The second-order valence-corrected chi connectivity index (χ2v) is 6.40. The van der Waals surface area contributed by atoms with Crippen LogP contribution in [0.2, 0.25) is 0 Å². The van der Waals surface area contributed by atoms with Crippen LogP contribution >= 0.6 is 12.4 Å². The first kappa shape index (κ1) is 20.4. The van der Waals surface area contributed by atoms with Crippen molar-refractivity contribution in [2.45, 2.75) is 32.6 Å². The summed E-state index contributed by atoms with van der Waals surface area (Å²) in [5.74, 6) is 0.0402. The average molecular weight is 358 g/mol. The van der Waals surface area contributed by atoms with Gasteiger partial charge in [0.2, 0.25) is 5.91 Å². The van der Waals surface area contributed by atoms with Crippen LogP contribution in [-0.2, 0) is 11.8 Å². The first-order valence-corrected chi connectivity index (χ1v) is 8.25. The number of aryl methyl sites for hydroxylation is 1. The third kappa shape index (κ3) is 4.70. The summed E-state index contributed by atoms with van der Waals surface area (Å²) in [5.41, 5.74) is 6.90. The number of hydrogen-bond acceptors (Lipinski definition) is 4. The Bertz CT molecular complexity index is 573. The molecule has 0 aromatic carbocycles. The first-order chi connectivity index (χ1) is 10.9. The van der Waals surface area contributed by atoms with Crippen LogP contribution in [0.3, 0.4) is 0 Å². The fraction of sp³-hybridized carbons (Fsp3) is 0.688. The van der Waals surface area contributed by atoms with Gasteiger partial charge in [-0.1, -0.05) is 13.8 Å². The van der Waals surface area contributed by atoms with Crippen molar-refractivity contribution in [1.29, 1.82) is 0 Å². The highest BCUT2D eigenvalue weighted by atomic mass is 35.5. The summed E-state index contributed by atoms with van der Waals surface area (Å²) in [5, 5.41) is 7.14. The molecule has 2 heterocycles. The SMILES string of the molecule is CC(C)c1cc(C(=O)N2CCCC(C(=O)NCCN)C2)nn1C.Cl. The molecule has 0 aliphatic carbocycles. The number of hydrogen-bond donors (Lipinski definition) is 2. The molecule has 1 saturated heterocycles.